The van der Waals surface area contributed by atoms with Gasteiger partial charge in [0.25, 0.3) is 5.82 Å². The quantitative estimate of drug-likeness (QED) is 0.389. The van der Waals surface area contributed by atoms with Crippen molar-refractivity contribution in [2.45, 2.75) is 52.1 Å². The van der Waals surface area contributed by atoms with E-state index < -0.39 is 0 Å². The molecule has 0 aliphatic rings. The smallest absolute Gasteiger partial charge is 0.306 e. The molecule has 0 amide bonds. The second-order valence-electron chi connectivity index (χ2n) is 4.34. The first-order chi connectivity index (χ1) is 8.24. The van der Waals surface area contributed by atoms with E-state index in [0.717, 1.165) is 18.7 Å². The topological polar surface area (TPSA) is 46.0 Å². The molecule has 0 saturated heterocycles. The fourth-order valence-corrected chi connectivity index (χ4v) is 1.67. The number of H-pyrrole nitrogens is 1. The third-order valence-corrected chi connectivity index (χ3v) is 2.83. The number of rotatable bonds is 8. The Morgan fingerprint density at radius 2 is 2.06 bits per heavy atom. The Balaban J connectivity index is 0.00000289. The lowest BCUT2D eigenvalue weighted by molar-refractivity contribution is -0.679. The molecule has 1 aromatic heterocycles. The van der Waals surface area contributed by atoms with Crippen molar-refractivity contribution in [3.8, 4) is 0 Å². The van der Waals surface area contributed by atoms with Crippen LogP contribution < -0.4 is 21.5 Å². The minimum atomic E-state index is -0.101. The normalized spacial score (nSPS) is 9.89. The van der Waals surface area contributed by atoms with E-state index in [1.165, 1.54) is 19.3 Å². The van der Waals surface area contributed by atoms with Crippen LogP contribution in [0.15, 0.2) is 12.4 Å². The summed E-state index contributed by atoms with van der Waals surface area (Å²) in [7, 11) is 1.92. The van der Waals surface area contributed by atoms with Crippen molar-refractivity contribution in [2.24, 2.45) is 7.05 Å². The zero-order chi connectivity index (χ0) is 12.5. The van der Waals surface area contributed by atoms with Crippen LogP contribution in [0.25, 0.3) is 0 Å². The molecule has 0 fully saturated rings. The first kappa shape index (κ1) is 17.2. The Hall–Kier alpha value is -0.840. The number of aromatic nitrogens is 2. The Morgan fingerprint density at radius 3 is 2.67 bits per heavy atom. The van der Waals surface area contributed by atoms with Crippen LogP contribution in [-0.2, 0) is 23.2 Å². The molecule has 0 aliphatic carbocycles. The van der Waals surface area contributed by atoms with Gasteiger partial charge in [-0.2, -0.15) is 0 Å². The van der Waals surface area contributed by atoms with Crippen molar-refractivity contribution in [1.29, 1.82) is 0 Å². The van der Waals surface area contributed by atoms with Crippen molar-refractivity contribution in [2.75, 3.05) is 0 Å². The number of nitrogens with one attached hydrogen (secondary N) is 1. The third-order valence-electron chi connectivity index (χ3n) is 2.83. The van der Waals surface area contributed by atoms with Gasteiger partial charge in [0.1, 0.15) is 12.4 Å². The van der Waals surface area contributed by atoms with E-state index in [1.54, 1.807) is 0 Å². The Bertz CT molecular complexity index is 339. The van der Waals surface area contributed by atoms with Crippen LogP contribution >= 0.6 is 0 Å². The molecule has 18 heavy (non-hydrogen) atoms. The maximum Gasteiger partial charge on any atom is 0.306 e. The number of halogens is 1. The van der Waals surface area contributed by atoms with Crippen LogP contribution in [-0.4, -0.2) is 11.0 Å². The summed E-state index contributed by atoms with van der Waals surface area (Å²) in [6.45, 7) is 2.52. The summed E-state index contributed by atoms with van der Waals surface area (Å²) in [5, 5.41) is 0. The number of aryl methyl sites for hydroxylation is 1. The first-order valence-corrected chi connectivity index (χ1v) is 6.41. The fraction of sp³-hybridized carbons (Fsp3) is 0.692. The third kappa shape index (κ3) is 6.79. The molecule has 0 aliphatic heterocycles. The summed E-state index contributed by atoms with van der Waals surface area (Å²) in [5.74, 6) is 0.806. The molecule has 104 valence electrons. The van der Waals surface area contributed by atoms with E-state index >= 15 is 0 Å². The number of hydrogen-bond acceptors (Lipinski definition) is 2. The average molecular weight is 319 g/mol. The van der Waals surface area contributed by atoms with Crippen LogP contribution in [0.1, 0.15) is 51.3 Å². The van der Waals surface area contributed by atoms with Gasteiger partial charge in [0.15, 0.2) is 6.61 Å². The maximum absolute atomic E-state index is 11.4. The van der Waals surface area contributed by atoms with E-state index in [2.05, 4.69) is 11.9 Å². The van der Waals surface area contributed by atoms with Crippen molar-refractivity contribution >= 4 is 5.97 Å². The predicted molar refractivity (Wildman–Crippen MR) is 65.1 cm³/mol. The zero-order valence-electron chi connectivity index (χ0n) is 11.2. The van der Waals surface area contributed by atoms with Gasteiger partial charge in [-0.25, -0.2) is 9.55 Å². The molecule has 0 unspecified atom stereocenters. The van der Waals surface area contributed by atoms with Crippen molar-refractivity contribution in [3.63, 3.8) is 0 Å². The van der Waals surface area contributed by atoms with Crippen LogP contribution in [0.2, 0.25) is 0 Å². The number of hydrogen-bond donors (Lipinski definition) is 1. The highest BCUT2D eigenvalue weighted by Gasteiger charge is 2.09. The molecule has 0 spiro atoms. The number of nitrogens with zero attached hydrogens (tertiary/aromatic N) is 1. The van der Waals surface area contributed by atoms with Crippen LogP contribution in [0.5, 0.6) is 0 Å². The first-order valence-electron chi connectivity index (χ1n) is 6.41. The van der Waals surface area contributed by atoms with Gasteiger partial charge in [-0.1, -0.05) is 32.6 Å². The van der Waals surface area contributed by atoms with Gasteiger partial charge in [-0.15, -0.1) is 0 Å². The molecule has 1 aromatic rings. The van der Waals surface area contributed by atoms with Gasteiger partial charge in [0.2, 0.25) is 0 Å². The molecule has 0 bridgehead atoms. The highest BCUT2D eigenvalue weighted by atomic mass is 79.9. The lowest BCUT2D eigenvalue weighted by Crippen LogP contribution is -3.00. The molecule has 0 saturated carbocycles. The molecule has 1 rings (SSSR count). The van der Waals surface area contributed by atoms with Gasteiger partial charge in [-0.05, 0) is 6.42 Å². The lowest BCUT2D eigenvalue weighted by atomic mass is 10.1. The molecule has 0 aromatic carbocycles. The Labute approximate surface area is 120 Å². The molecule has 1 heterocycles. The summed E-state index contributed by atoms with van der Waals surface area (Å²) in [6, 6.07) is 0. The molecule has 5 heteroatoms. The van der Waals surface area contributed by atoms with Gasteiger partial charge >= 0.3 is 5.97 Å². The van der Waals surface area contributed by atoms with E-state index in [9.17, 15) is 4.79 Å². The fourth-order valence-electron chi connectivity index (χ4n) is 1.67. The largest absolute Gasteiger partial charge is 1.00 e. The minimum absolute atomic E-state index is 0. The molecule has 0 radical (unpaired) electrons. The predicted octanol–water partition coefficient (Wildman–Crippen LogP) is -0.753. The number of imidazole rings is 1. The van der Waals surface area contributed by atoms with Crippen molar-refractivity contribution in [3.05, 3.63) is 18.2 Å². The number of unbranched alkanes of at least 4 members (excludes halogenated alkanes) is 4. The van der Waals surface area contributed by atoms with Crippen molar-refractivity contribution < 1.29 is 31.1 Å². The SMILES string of the molecule is CCCCCCCC(=O)OCc1[nH]cc[n+]1C.[Br-]. The highest BCUT2D eigenvalue weighted by Crippen LogP contribution is 2.06. The Morgan fingerprint density at radius 1 is 1.33 bits per heavy atom. The number of carbonyl (C=O) groups is 1. The zero-order valence-corrected chi connectivity index (χ0v) is 12.8. The second kappa shape index (κ2) is 10.1. The Kier molecular flexibility index (Phi) is 9.64. The molecule has 0 atom stereocenters. The monoisotopic (exact) mass is 318 g/mol. The van der Waals surface area contributed by atoms with Gasteiger partial charge in [-0.3, -0.25) is 4.79 Å². The van der Waals surface area contributed by atoms with E-state index in [4.69, 9.17) is 4.74 Å². The van der Waals surface area contributed by atoms with E-state index in [-0.39, 0.29) is 23.0 Å². The van der Waals surface area contributed by atoms with Gasteiger partial charge in [0.05, 0.1) is 7.05 Å². The summed E-state index contributed by atoms with van der Waals surface area (Å²) in [4.78, 5) is 14.5. The van der Waals surface area contributed by atoms with Crippen LogP contribution in [0.3, 0.4) is 0 Å². The lowest BCUT2D eigenvalue weighted by Gasteiger charge is -2.02. The van der Waals surface area contributed by atoms with Crippen LogP contribution in [0, 0.1) is 0 Å². The number of ether oxygens (including phenoxy) is 1. The average Bonchev–Trinajstić information content (AvgIpc) is 2.72. The highest BCUT2D eigenvalue weighted by molar-refractivity contribution is 5.69. The van der Waals surface area contributed by atoms with Crippen molar-refractivity contribution in [1.82, 2.24) is 4.98 Å². The maximum atomic E-state index is 11.4. The van der Waals surface area contributed by atoms with E-state index in [1.807, 2.05) is 24.0 Å². The van der Waals surface area contributed by atoms with Gasteiger partial charge < -0.3 is 21.7 Å². The molecule has 4 nitrogen and oxygen atoms in total. The molecule has 1 N–H and O–H groups in total. The second-order valence-corrected chi connectivity index (χ2v) is 4.34. The summed E-state index contributed by atoms with van der Waals surface area (Å²) in [6.07, 6.45) is 10.0. The van der Waals surface area contributed by atoms with E-state index in [0.29, 0.717) is 13.0 Å². The summed E-state index contributed by atoms with van der Waals surface area (Å²) in [5.41, 5.74) is 0. The standard InChI is InChI=1S/C13H22N2O2.BrH/c1-3-4-5-6-7-8-13(16)17-11-12-14-9-10-15(12)2;/h9-10H,3-8,11H2,1-2H3;1H. The van der Waals surface area contributed by atoms with Gasteiger partial charge in [0, 0.05) is 6.42 Å². The number of aromatic amines is 1. The summed E-state index contributed by atoms with van der Waals surface area (Å²) >= 11 is 0. The summed E-state index contributed by atoms with van der Waals surface area (Å²) < 4.78 is 7.09. The number of esters is 1. The number of carbonyl (C=O) groups excluding carboxylic acids is 1. The van der Waals surface area contributed by atoms with Crippen LogP contribution in [0.4, 0.5) is 0 Å². The minimum Gasteiger partial charge on any atom is -1.00 e. The molecular formula is C13H23BrN2O2. The molecular weight excluding hydrogens is 296 g/mol.